The Labute approximate surface area is 118 Å². The van der Waals surface area contributed by atoms with Gasteiger partial charge in [0.05, 0.1) is 4.92 Å². The maximum absolute atomic E-state index is 11.0. The highest BCUT2D eigenvalue weighted by molar-refractivity contribution is 6.28. The Kier molecular flexibility index (Phi) is 4.08. The third kappa shape index (κ3) is 3.18. The van der Waals surface area contributed by atoms with Crippen molar-refractivity contribution in [2.75, 3.05) is 11.9 Å². The molecule has 1 N–H and O–H groups in total. The van der Waals surface area contributed by atoms with E-state index in [4.69, 9.17) is 16.1 Å². The molecule has 2 heterocycles. The van der Waals surface area contributed by atoms with Crippen molar-refractivity contribution in [3.63, 3.8) is 0 Å². The molecule has 20 heavy (non-hydrogen) atoms. The van der Waals surface area contributed by atoms with E-state index in [1.807, 2.05) is 0 Å². The summed E-state index contributed by atoms with van der Waals surface area (Å²) in [4.78, 5) is 22.0. The molecule has 0 unspecified atom stereocenters. The maximum Gasteiger partial charge on any atom is 0.332 e. The minimum Gasteiger partial charge on any atom is -0.364 e. The predicted octanol–water partition coefficient (Wildman–Crippen LogP) is 1.69. The van der Waals surface area contributed by atoms with Gasteiger partial charge in [-0.15, -0.1) is 0 Å². The van der Waals surface area contributed by atoms with Crippen molar-refractivity contribution < 1.29 is 9.45 Å². The van der Waals surface area contributed by atoms with Crippen LogP contribution in [0.4, 0.5) is 11.5 Å². The highest BCUT2D eigenvalue weighted by Gasteiger charge is 2.21. The molecule has 2 aromatic rings. The molecule has 0 aromatic carbocycles. The van der Waals surface area contributed by atoms with Crippen molar-refractivity contribution in [2.45, 2.75) is 20.3 Å². The van der Waals surface area contributed by atoms with Crippen molar-refractivity contribution in [3.8, 4) is 0 Å². The first-order valence-electron chi connectivity index (χ1n) is 5.69. The fourth-order valence-electron chi connectivity index (χ4n) is 1.60. The van der Waals surface area contributed by atoms with Gasteiger partial charge in [-0.05, 0) is 25.4 Å². The zero-order valence-electron chi connectivity index (χ0n) is 10.8. The van der Waals surface area contributed by atoms with E-state index in [1.54, 1.807) is 6.92 Å². The maximum atomic E-state index is 11.0. The van der Waals surface area contributed by atoms with Gasteiger partial charge in [-0.2, -0.15) is 9.97 Å². The van der Waals surface area contributed by atoms with E-state index in [1.165, 1.54) is 6.92 Å². The smallest absolute Gasteiger partial charge is 0.332 e. The van der Waals surface area contributed by atoms with Crippen molar-refractivity contribution in [1.29, 1.82) is 0 Å². The van der Waals surface area contributed by atoms with Gasteiger partial charge in [-0.25, -0.2) is 4.98 Å². The molecule has 0 aliphatic heterocycles. The van der Waals surface area contributed by atoms with Crippen LogP contribution in [0.15, 0.2) is 4.52 Å². The van der Waals surface area contributed by atoms with Crippen LogP contribution in [0.2, 0.25) is 5.28 Å². The van der Waals surface area contributed by atoms with Gasteiger partial charge < -0.3 is 9.84 Å². The summed E-state index contributed by atoms with van der Waals surface area (Å²) in [6.07, 6.45) is 0.415. The lowest BCUT2D eigenvalue weighted by Gasteiger charge is -2.06. The van der Waals surface area contributed by atoms with Gasteiger partial charge in [0.25, 0.3) is 0 Å². The van der Waals surface area contributed by atoms with Gasteiger partial charge in [0, 0.05) is 13.0 Å². The molecule has 10 heteroatoms. The monoisotopic (exact) mass is 298 g/mol. The minimum absolute atomic E-state index is 0.0516. The molecule has 0 spiro atoms. The Morgan fingerprint density at radius 2 is 2.10 bits per heavy atom. The van der Waals surface area contributed by atoms with Crippen molar-refractivity contribution in [1.82, 2.24) is 20.1 Å². The zero-order valence-corrected chi connectivity index (χ0v) is 11.5. The molecule has 0 radical (unpaired) electrons. The number of nitrogens with zero attached hydrogens (tertiary/aromatic N) is 5. The fraction of sp³-hybridized carbons (Fsp3) is 0.400. The molecule has 0 aliphatic rings. The van der Waals surface area contributed by atoms with Crippen molar-refractivity contribution >= 4 is 23.1 Å². The summed E-state index contributed by atoms with van der Waals surface area (Å²) >= 11 is 5.70. The van der Waals surface area contributed by atoms with Gasteiger partial charge in [0.15, 0.2) is 5.82 Å². The highest BCUT2D eigenvalue weighted by Crippen LogP contribution is 2.26. The van der Waals surface area contributed by atoms with Crippen LogP contribution in [-0.4, -0.2) is 31.6 Å². The number of rotatable bonds is 5. The number of aryl methyl sites for hydroxylation is 2. The summed E-state index contributed by atoms with van der Waals surface area (Å²) in [5, 5.41) is 17.4. The quantitative estimate of drug-likeness (QED) is 0.503. The third-order valence-corrected chi connectivity index (χ3v) is 2.58. The molecule has 0 aliphatic carbocycles. The highest BCUT2D eigenvalue weighted by atomic mass is 35.5. The Bertz CT molecular complexity index is 644. The summed E-state index contributed by atoms with van der Waals surface area (Å²) in [7, 11) is 0. The summed E-state index contributed by atoms with van der Waals surface area (Å²) < 4.78 is 4.93. The molecule has 2 aromatic heterocycles. The van der Waals surface area contributed by atoms with Crippen molar-refractivity contribution in [2.24, 2.45) is 0 Å². The lowest BCUT2D eigenvalue weighted by Crippen LogP contribution is -2.10. The predicted molar refractivity (Wildman–Crippen MR) is 69.7 cm³/mol. The molecule has 0 fully saturated rings. The second-order valence-corrected chi connectivity index (χ2v) is 4.28. The van der Waals surface area contributed by atoms with Crippen LogP contribution >= 0.6 is 11.6 Å². The van der Waals surface area contributed by atoms with Gasteiger partial charge in [-0.3, -0.25) is 10.1 Å². The molecule has 0 amide bonds. The second kappa shape index (κ2) is 5.78. The van der Waals surface area contributed by atoms with Crippen LogP contribution in [0.5, 0.6) is 0 Å². The molecule has 0 bridgehead atoms. The first kappa shape index (κ1) is 14.1. The van der Waals surface area contributed by atoms with E-state index < -0.39 is 4.92 Å². The van der Waals surface area contributed by atoms with Crippen LogP contribution in [0, 0.1) is 24.0 Å². The van der Waals surface area contributed by atoms with E-state index in [2.05, 4.69) is 25.4 Å². The van der Waals surface area contributed by atoms with Gasteiger partial charge >= 0.3 is 5.69 Å². The van der Waals surface area contributed by atoms with Crippen LogP contribution in [-0.2, 0) is 6.42 Å². The largest absolute Gasteiger partial charge is 0.364 e. The van der Waals surface area contributed by atoms with Gasteiger partial charge in [-0.1, -0.05) is 5.16 Å². The Balaban J connectivity index is 2.10. The number of hydrogen-bond acceptors (Lipinski definition) is 8. The molecule has 0 saturated carbocycles. The Morgan fingerprint density at radius 1 is 1.35 bits per heavy atom. The lowest BCUT2D eigenvalue weighted by atomic mass is 10.3. The molecular weight excluding hydrogens is 288 g/mol. The second-order valence-electron chi connectivity index (χ2n) is 3.94. The molecule has 106 valence electrons. The summed E-state index contributed by atoms with van der Waals surface area (Å²) in [6, 6.07) is 0. The number of hydrogen-bond donors (Lipinski definition) is 1. The normalized spacial score (nSPS) is 10.6. The first-order valence-corrected chi connectivity index (χ1v) is 6.06. The minimum atomic E-state index is -0.551. The van der Waals surface area contributed by atoms with Crippen LogP contribution in [0.3, 0.4) is 0 Å². The fourth-order valence-corrected chi connectivity index (χ4v) is 1.82. The van der Waals surface area contributed by atoms with E-state index >= 15 is 0 Å². The molecule has 2 rings (SSSR count). The number of nitrogens with one attached hydrogen (secondary N) is 1. The van der Waals surface area contributed by atoms with E-state index in [0.717, 1.165) is 0 Å². The molecule has 0 saturated heterocycles. The standard InChI is InChI=1S/C10H11ClN6O3/c1-5-8(17(18)19)9(15-10(11)13-5)12-4-3-7-14-6(2)16-20-7/h3-4H2,1-2H3,(H,12,13,15). The first-order chi connectivity index (χ1) is 9.47. The number of aromatic nitrogens is 4. The average Bonchev–Trinajstić information content (AvgIpc) is 2.73. The Hall–Kier alpha value is -2.29. The average molecular weight is 299 g/mol. The van der Waals surface area contributed by atoms with Crippen LogP contribution in [0.1, 0.15) is 17.4 Å². The molecule has 0 atom stereocenters. The number of nitro groups is 1. The zero-order chi connectivity index (χ0) is 14.7. The molecular formula is C10H11ClN6O3. The van der Waals surface area contributed by atoms with Gasteiger partial charge in [0.1, 0.15) is 5.69 Å². The van der Waals surface area contributed by atoms with Crippen LogP contribution < -0.4 is 5.32 Å². The molecule has 9 nitrogen and oxygen atoms in total. The Morgan fingerprint density at radius 3 is 2.70 bits per heavy atom. The summed E-state index contributed by atoms with van der Waals surface area (Å²) in [5.41, 5.74) is 0.00208. The number of anilines is 1. The lowest BCUT2D eigenvalue weighted by molar-refractivity contribution is -0.385. The van der Waals surface area contributed by atoms with E-state index in [9.17, 15) is 10.1 Å². The topological polar surface area (TPSA) is 120 Å². The van der Waals surface area contributed by atoms with Crippen LogP contribution in [0.25, 0.3) is 0 Å². The van der Waals surface area contributed by atoms with Crippen molar-refractivity contribution in [3.05, 3.63) is 32.8 Å². The SMILES string of the molecule is Cc1noc(CCNc2nc(Cl)nc(C)c2[N+](=O)[O-])n1. The van der Waals surface area contributed by atoms with Gasteiger partial charge in [0.2, 0.25) is 17.0 Å². The summed E-state index contributed by atoms with van der Waals surface area (Å²) in [6.45, 7) is 3.55. The number of halogens is 1. The van der Waals surface area contributed by atoms with E-state index in [0.29, 0.717) is 24.7 Å². The van der Waals surface area contributed by atoms with E-state index in [-0.39, 0.29) is 22.5 Å². The summed E-state index contributed by atoms with van der Waals surface area (Å²) in [5.74, 6) is 1.05. The third-order valence-electron chi connectivity index (χ3n) is 2.41.